The van der Waals surface area contributed by atoms with Crippen molar-refractivity contribution in [3.8, 4) is 22.5 Å². The van der Waals surface area contributed by atoms with Gasteiger partial charge in [-0.25, -0.2) is 18.6 Å². The van der Waals surface area contributed by atoms with E-state index >= 15 is 0 Å². The van der Waals surface area contributed by atoms with Gasteiger partial charge in [-0.2, -0.15) is 9.78 Å². The van der Waals surface area contributed by atoms with Crippen molar-refractivity contribution < 1.29 is 37.8 Å². The molecule has 2 saturated heterocycles. The lowest BCUT2D eigenvalue weighted by Crippen LogP contribution is -2.46. The van der Waals surface area contributed by atoms with E-state index in [9.17, 15) is 8.78 Å². The van der Waals surface area contributed by atoms with Crippen molar-refractivity contribution >= 4 is 0 Å². The Morgan fingerprint density at radius 2 is 0.948 bits per heavy atom. The minimum absolute atomic E-state index is 0.183. The summed E-state index contributed by atoms with van der Waals surface area (Å²) in [6.45, 7) is 13.8. The van der Waals surface area contributed by atoms with E-state index < -0.39 is 23.8 Å². The third kappa shape index (κ3) is 10.6. The fourth-order valence-electron chi connectivity index (χ4n) is 7.21. The van der Waals surface area contributed by atoms with Crippen molar-refractivity contribution in [2.45, 2.75) is 129 Å². The highest BCUT2D eigenvalue weighted by molar-refractivity contribution is 5.65. The number of ether oxygens (including phenoxy) is 2. The predicted molar refractivity (Wildman–Crippen MR) is 211 cm³/mol. The number of halogens is 2. The van der Waals surface area contributed by atoms with Gasteiger partial charge in [-0.3, -0.25) is 9.36 Å². The highest BCUT2D eigenvalue weighted by Crippen LogP contribution is 2.38. The molecule has 0 bridgehead atoms. The lowest BCUT2D eigenvalue weighted by Gasteiger charge is -2.41. The van der Waals surface area contributed by atoms with E-state index in [1.165, 1.54) is 24.3 Å². The van der Waals surface area contributed by atoms with Gasteiger partial charge in [0.05, 0.1) is 24.6 Å². The second-order valence-electron chi connectivity index (χ2n) is 16.8. The maximum absolute atomic E-state index is 13.4. The number of benzene rings is 3. The Labute approximate surface area is 338 Å². The molecule has 5 aromatic rings. The summed E-state index contributed by atoms with van der Waals surface area (Å²) in [5.41, 5.74) is 3.78. The quantitative estimate of drug-likeness (QED) is 0.0894. The molecule has 0 spiro atoms. The molecule has 310 valence electrons. The summed E-state index contributed by atoms with van der Waals surface area (Å²) in [6.07, 6.45) is 7.51. The highest BCUT2D eigenvalue weighted by atomic mass is 19.1. The molecule has 4 heterocycles. The van der Waals surface area contributed by atoms with Crippen LogP contribution in [-0.4, -0.2) is 53.4 Å². The van der Waals surface area contributed by atoms with Crippen molar-refractivity contribution in [2.24, 2.45) is 11.8 Å². The van der Waals surface area contributed by atoms with Crippen LogP contribution in [0.4, 0.5) is 8.78 Å². The van der Waals surface area contributed by atoms with Crippen LogP contribution in [0, 0.1) is 23.5 Å². The molecule has 14 heteroatoms. The van der Waals surface area contributed by atoms with Crippen molar-refractivity contribution in [1.82, 2.24) is 30.0 Å². The van der Waals surface area contributed by atoms with E-state index in [0.717, 1.165) is 74.1 Å². The summed E-state index contributed by atoms with van der Waals surface area (Å²) >= 11 is 0. The van der Waals surface area contributed by atoms with E-state index in [0.29, 0.717) is 23.0 Å². The minimum atomic E-state index is -0.698. The molecule has 2 aromatic heterocycles. The van der Waals surface area contributed by atoms with E-state index in [4.69, 9.17) is 29.0 Å². The van der Waals surface area contributed by atoms with Gasteiger partial charge < -0.3 is 9.47 Å². The van der Waals surface area contributed by atoms with Gasteiger partial charge in [-0.05, 0) is 102 Å². The van der Waals surface area contributed by atoms with Crippen LogP contribution in [0.5, 0.6) is 0 Å². The van der Waals surface area contributed by atoms with Gasteiger partial charge in [0.2, 0.25) is 12.6 Å². The molecule has 0 saturated carbocycles. The zero-order valence-corrected chi connectivity index (χ0v) is 34.1. The first-order chi connectivity index (χ1) is 27.8. The van der Waals surface area contributed by atoms with Crippen molar-refractivity contribution in [1.29, 1.82) is 0 Å². The van der Waals surface area contributed by atoms with Crippen LogP contribution in [0.1, 0.15) is 104 Å². The van der Waals surface area contributed by atoms with Gasteiger partial charge in [0, 0.05) is 35.3 Å². The molecule has 58 heavy (non-hydrogen) atoms. The second kappa shape index (κ2) is 18.2. The molecule has 7 rings (SSSR count). The molecule has 3 aromatic carbocycles. The number of aromatic nitrogens is 6. The lowest BCUT2D eigenvalue weighted by atomic mass is 9.92. The van der Waals surface area contributed by atoms with Gasteiger partial charge in [0.1, 0.15) is 34.2 Å². The van der Waals surface area contributed by atoms with Gasteiger partial charge >= 0.3 is 0 Å². The molecule has 2 aliphatic rings. The van der Waals surface area contributed by atoms with Gasteiger partial charge in [0.15, 0.2) is 0 Å². The minimum Gasteiger partial charge on any atom is -0.340 e. The molecule has 12 nitrogen and oxygen atoms in total. The average molecular weight is 801 g/mol. The van der Waals surface area contributed by atoms with Crippen molar-refractivity contribution in [2.75, 3.05) is 0 Å². The Balaban J connectivity index is 0.839. The number of nitrogens with zero attached hydrogens (tertiary/aromatic N) is 6. The van der Waals surface area contributed by atoms with E-state index in [1.807, 2.05) is 73.7 Å². The monoisotopic (exact) mass is 800 g/mol. The van der Waals surface area contributed by atoms with Crippen LogP contribution in [0.25, 0.3) is 22.5 Å². The summed E-state index contributed by atoms with van der Waals surface area (Å²) in [5, 5.41) is 17.7. The summed E-state index contributed by atoms with van der Waals surface area (Å²) in [7, 11) is 0. The topological polar surface area (TPSA) is 117 Å². The molecule has 0 aliphatic carbocycles. The fourth-order valence-corrected chi connectivity index (χ4v) is 7.21. The lowest BCUT2D eigenvalue weighted by molar-refractivity contribution is -0.487. The first-order valence-electron chi connectivity index (χ1n) is 20.2. The largest absolute Gasteiger partial charge is 0.340 e. The molecule has 0 N–H and O–H groups in total. The molecule has 6 unspecified atom stereocenters. The number of aryl methyl sites for hydroxylation is 2. The van der Waals surface area contributed by atoms with Crippen LogP contribution in [0.2, 0.25) is 0 Å². The average Bonchev–Trinajstić information content (AvgIpc) is 3.90. The molecule has 6 atom stereocenters. The van der Waals surface area contributed by atoms with Gasteiger partial charge in [0.25, 0.3) is 0 Å². The molecule has 0 radical (unpaired) electrons. The Hall–Kier alpha value is -4.44. The summed E-state index contributed by atoms with van der Waals surface area (Å²) in [6, 6.07) is 20.3. The number of rotatable bonds is 16. The SMILES string of the molecule is CC(CCC1OC(c2ccc(F)cc2)OOC1(C)C)CCn1cc(-c2ccc(-c3cn(CCC(C)CCC4OC(c5ccc(F)cc5)OOC4(C)C)nn3)cc2)nn1. The standard InChI is InChI=1S/C44H54F2N6O6/c1-29(7-21-39-43(3,4)57-55-41(53-39)33-13-17-35(45)18-14-33)23-25-51-27-37(47-49-51)31-9-11-32(12-10-31)38-28-52(50-48-38)26-24-30(2)8-22-40-44(5,6)58-56-42(54-40)34-15-19-36(46)20-16-34/h9-20,27-30,39-42H,7-8,21-26H2,1-6H3. The maximum atomic E-state index is 13.4. The maximum Gasteiger partial charge on any atom is 0.217 e. The molecular weight excluding hydrogens is 747 g/mol. The Kier molecular flexibility index (Phi) is 13.1. The summed E-state index contributed by atoms with van der Waals surface area (Å²) in [5.74, 6) is 0.201. The van der Waals surface area contributed by atoms with Crippen LogP contribution in [0.3, 0.4) is 0 Å². The highest BCUT2D eigenvalue weighted by Gasteiger charge is 2.42. The Bertz CT molecular complexity index is 1910. The van der Waals surface area contributed by atoms with E-state index in [2.05, 4.69) is 34.5 Å². The van der Waals surface area contributed by atoms with E-state index in [1.54, 1.807) is 24.3 Å². The van der Waals surface area contributed by atoms with Crippen LogP contribution in [-0.2, 0) is 42.1 Å². The molecule has 2 aliphatic heterocycles. The first-order valence-corrected chi connectivity index (χ1v) is 20.2. The number of hydrogen-bond donors (Lipinski definition) is 0. The third-order valence-electron chi connectivity index (χ3n) is 11.2. The Morgan fingerprint density at radius 1 is 0.569 bits per heavy atom. The normalized spacial score (nSPS) is 22.8. The smallest absolute Gasteiger partial charge is 0.217 e. The van der Waals surface area contributed by atoms with Crippen LogP contribution in [0.15, 0.2) is 85.2 Å². The van der Waals surface area contributed by atoms with Gasteiger partial charge in [-0.15, -0.1) is 10.2 Å². The zero-order chi connectivity index (χ0) is 40.9. The molecular formula is C44H54F2N6O6. The fraction of sp³-hybridized carbons (Fsp3) is 0.500. The number of hydrogen-bond acceptors (Lipinski definition) is 10. The molecule has 2 fully saturated rings. The predicted octanol–water partition coefficient (Wildman–Crippen LogP) is 9.74. The molecule has 0 amide bonds. The Morgan fingerprint density at radius 3 is 1.33 bits per heavy atom. The van der Waals surface area contributed by atoms with Crippen molar-refractivity contribution in [3.05, 3.63) is 108 Å². The van der Waals surface area contributed by atoms with E-state index in [-0.39, 0.29) is 23.8 Å². The zero-order valence-electron chi connectivity index (χ0n) is 34.1. The second-order valence-corrected chi connectivity index (χ2v) is 16.8. The van der Waals surface area contributed by atoms with Gasteiger partial charge in [-0.1, -0.05) is 72.8 Å². The van der Waals surface area contributed by atoms with Crippen molar-refractivity contribution in [3.63, 3.8) is 0 Å². The first kappa shape index (κ1) is 41.7. The summed E-state index contributed by atoms with van der Waals surface area (Å²) in [4.78, 5) is 22.4. The van der Waals surface area contributed by atoms with Crippen LogP contribution >= 0.6 is 0 Å². The van der Waals surface area contributed by atoms with Crippen LogP contribution < -0.4 is 0 Å². The summed E-state index contributed by atoms with van der Waals surface area (Å²) < 4.78 is 43.2. The third-order valence-corrected chi connectivity index (χ3v) is 11.2.